The predicted molar refractivity (Wildman–Crippen MR) is 102 cm³/mol. The number of rotatable bonds is 5. The van der Waals surface area contributed by atoms with Crippen molar-refractivity contribution in [2.75, 3.05) is 45.6 Å². The summed E-state index contributed by atoms with van der Waals surface area (Å²) in [6.45, 7) is 2.79. The Hall–Kier alpha value is -1.35. The minimum Gasteiger partial charge on any atom is -0.496 e. The molecule has 2 saturated heterocycles. The standard InChI is InChI=1S/C17H25N3O4S.ClH/c1-24-16-6-3-2-5-14(16)15-13-18-8-11-20(15)17(21)7-10-19-9-4-12-25(19,22)23;/h2-3,5-6,15,18H,4,7-13H2,1H3;1H. The first kappa shape index (κ1) is 21.0. The number of hydrogen-bond donors (Lipinski definition) is 1. The highest BCUT2D eigenvalue weighted by Crippen LogP contribution is 2.30. The molecule has 7 nitrogen and oxygen atoms in total. The van der Waals surface area contributed by atoms with E-state index in [1.807, 2.05) is 29.2 Å². The number of para-hydroxylation sites is 1. The number of carbonyl (C=O) groups is 1. The van der Waals surface area contributed by atoms with E-state index < -0.39 is 10.0 Å². The van der Waals surface area contributed by atoms with Gasteiger partial charge in [-0.2, -0.15) is 0 Å². The van der Waals surface area contributed by atoms with Crippen LogP contribution in [0.5, 0.6) is 5.75 Å². The monoisotopic (exact) mass is 403 g/mol. The Morgan fingerprint density at radius 2 is 2.08 bits per heavy atom. The second-order valence-electron chi connectivity index (χ2n) is 6.37. The van der Waals surface area contributed by atoms with Gasteiger partial charge in [-0.05, 0) is 12.5 Å². The zero-order valence-electron chi connectivity index (χ0n) is 14.9. The van der Waals surface area contributed by atoms with Gasteiger partial charge in [-0.25, -0.2) is 12.7 Å². The molecule has 2 fully saturated rings. The minimum atomic E-state index is -3.16. The van der Waals surface area contributed by atoms with Crippen LogP contribution in [0.4, 0.5) is 0 Å². The average Bonchev–Trinajstić information content (AvgIpc) is 2.97. The van der Waals surface area contributed by atoms with Gasteiger partial charge in [0.2, 0.25) is 15.9 Å². The van der Waals surface area contributed by atoms with Crippen molar-refractivity contribution in [2.24, 2.45) is 0 Å². The summed E-state index contributed by atoms with van der Waals surface area (Å²) in [5, 5.41) is 3.32. The molecule has 1 aromatic rings. The van der Waals surface area contributed by atoms with Crippen molar-refractivity contribution in [1.82, 2.24) is 14.5 Å². The van der Waals surface area contributed by atoms with Crippen molar-refractivity contribution in [2.45, 2.75) is 18.9 Å². The number of nitrogens with zero attached hydrogens (tertiary/aromatic N) is 2. The molecule has 2 aliphatic heterocycles. The normalized spacial score (nSPS) is 22.7. The molecular weight excluding hydrogens is 378 g/mol. The summed E-state index contributed by atoms with van der Waals surface area (Å²) in [5.74, 6) is 0.939. The van der Waals surface area contributed by atoms with Crippen LogP contribution >= 0.6 is 12.4 Å². The maximum absolute atomic E-state index is 12.8. The second kappa shape index (κ2) is 9.03. The lowest BCUT2D eigenvalue weighted by molar-refractivity contribution is -0.134. The van der Waals surface area contributed by atoms with Crippen LogP contribution in [0.3, 0.4) is 0 Å². The number of amides is 1. The van der Waals surface area contributed by atoms with Crippen LogP contribution < -0.4 is 10.1 Å². The van der Waals surface area contributed by atoms with Crippen LogP contribution in [0.25, 0.3) is 0 Å². The van der Waals surface area contributed by atoms with Gasteiger partial charge in [0.15, 0.2) is 0 Å². The van der Waals surface area contributed by atoms with Gasteiger partial charge in [0.1, 0.15) is 5.75 Å². The fraction of sp³-hybridized carbons (Fsp3) is 0.588. The van der Waals surface area contributed by atoms with Crippen LogP contribution in [0, 0.1) is 0 Å². The number of carbonyl (C=O) groups excluding carboxylic acids is 1. The molecule has 1 unspecified atom stereocenters. The first-order valence-corrected chi connectivity index (χ1v) is 10.2. The third-order valence-corrected chi connectivity index (χ3v) is 6.80. The predicted octanol–water partition coefficient (Wildman–Crippen LogP) is 1.02. The van der Waals surface area contributed by atoms with E-state index in [1.54, 1.807) is 7.11 Å². The van der Waals surface area contributed by atoms with Gasteiger partial charge < -0.3 is 15.0 Å². The number of benzene rings is 1. The number of ether oxygens (including phenoxy) is 1. The van der Waals surface area contributed by atoms with Gasteiger partial charge in [-0.3, -0.25) is 4.79 Å². The van der Waals surface area contributed by atoms with Crippen molar-refractivity contribution >= 4 is 28.3 Å². The molecule has 0 radical (unpaired) electrons. The van der Waals surface area contributed by atoms with E-state index in [-0.39, 0.29) is 43.1 Å². The highest BCUT2D eigenvalue weighted by atomic mass is 35.5. The van der Waals surface area contributed by atoms with Crippen LogP contribution in [0.15, 0.2) is 24.3 Å². The van der Waals surface area contributed by atoms with Gasteiger partial charge in [0.25, 0.3) is 0 Å². The first-order valence-electron chi connectivity index (χ1n) is 8.64. The Balaban J connectivity index is 0.00000243. The molecule has 3 rings (SSSR count). The number of halogens is 1. The Kier molecular flexibility index (Phi) is 7.28. The first-order chi connectivity index (χ1) is 12.0. The van der Waals surface area contributed by atoms with Crippen molar-refractivity contribution in [3.8, 4) is 5.75 Å². The fourth-order valence-corrected chi connectivity index (χ4v) is 5.06. The molecule has 2 heterocycles. The second-order valence-corrected chi connectivity index (χ2v) is 8.46. The van der Waals surface area contributed by atoms with E-state index in [0.29, 0.717) is 26.1 Å². The lowest BCUT2D eigenvalue weighted by Crippen LogP contribution is -2.49. The van der Waals surface area contributed by atoms with Crippen molar-refractivity contribution in [3.63, 3.8) is 0 Å². The number of piperazine rings is 1. The molecule has 1 N–H and O–H groups in total. The van der Waals surface area contributed by atoms with Gasteiger partial charge in [-0.15, -0.1) is 12.4 Å². The van der Waals surface area contributed by atoms with E-state index in [9.17, 15) is 13.2 Å². The van der Waals surface area contributed by atoms with E-state index >= 15 is 0 Å². The molecule has 26 heavy (non-hydrogen) atoms. The van der Waals surface area contributed by atoms with Gasteiger partial charge in [0.05, 0.1) is 18.9 Å². The van der Waals surface area contributed by atoms with E-state index in [1.165, 1.54) is 4.31 Å². The van der Waals surface area contributed by atoms with Crippen molar-refractivity contribution in [1.29, 1.82) is 0 Å². The molecular formula is C17H26ClN3O4S. The Morgan fingerprint density at radius 1 is 1.31 bits per heavy atom. The summed E-state index contributed by atoms with van der Waals surface area (Å²) < 4.78 is 30.7. The molecule has 0 bridgehead atoms. The maximum atomic E-state index is 12.8. The van der Waals surface area contributed by atoms with Crippen LogP contribution in [0.1, 0.15) is 24.4 Å². The van der Waals surface area contributed by atoms with Crippen LogP contribution in [-0.4, -0.2) is 69.1 Å². The third kappa shape index (κ3) is 4.49. The summed E-state index contributed by atoms with van der Waals surface area (Å²) in [6.07, 6.45) is 0.860. The number of hydrogen-bond acceptors (Lipinski definition) is 5. The van der Waals surface area contributed by atoms with E-state index in [4.69, 9.17) is 4.74 Å². The summed E-state index contributed by atoms with van der Waals surface area (Å²) in [4.78, 5) is 14.6. The van der Waals surface area contributed by atoms with E-state index in [2.05, 4.69) is 5.32 Å². The topological polar surface area (TPSA) is 79.0 Å². The minimum absolute atomic E-state index is 0. The number of methoxy groups -OCH3 is 1. The molecule has 0 saturated carbocycles. The van der Waals surface area contributed by atoms with Gasteiger partial charge in [-0.1, -0.05) is 18.2 Å². The molecule has 0 aliphatic carbocycles. The summed E-state index contributed by atoms with van der Waals surface area (Å²) in [5.41, 5.74) is 0.972. The molecule has 146 valence electrons. The Labute approximate surface area is 161 Å². The zero-order chi connectivity index (χ0) is 17.9. The highest BCUT2D eigenvalue weighted by molar-refractivity contribution is 7.89. The number of nitrogens with one attached hydrogen (secondary N) is 1. The summed E-state index contributed by atoms with van der Waals surface area (Å²) in [6, 6.07) is 7.60. The lowest BCUT2D eigenvalue weighted by Gasteiger charge is -2.37. The van der Waals surface area contributed by atoms with Crippen molar-refractivity contribution < 1.29 is 17.9 Å². The molecule has 2 aliphatic rings. The van der Waals surface area contributed by atoms with Crippen LogP contribution in [0.2, 0.25) is 0 Å². The highest BCUT2D eigenvalue weighted by Gasteiger charge is 2.32. The summed E-state index contributed by atoms with van der Waals surface area (Å²) in [7, 11) is -1.54. The number of sulfonamides is 1. The molecule has 0 spiro atoms. The lowest BCUT2D eigenvalue weighted by atomic mass is 10.0. The smallest absolute Gasteiger partial charge is 0.224 e. The van der Waals surface area contributed by atoms with Crippen molar-refractivity contribution in [3.05, 3.63) is 29.8 Å². The van der Waals surface area contributed by atoms with Gasteiger partial charge in [0, 0.05) is 44.7 Å². The third-order valence-electron chi connectivity index (χ3n) is 4.84. The Bertz CT molecular complexity index is 728. The Morgan fingerprint density at radius 3 is 2.77 bits per heavy atom. The molecule has 0 aromatic heterocycles. The van der Waals surface area contributed by atoms with Gasteiger partial charge >= 0.3 is 0 Å². The summed E-state index contributed by atoms with van der Waals surface area (Å²) >= 11 is 0. The largest absolute Gasteiger partial charge is 0.496 e. The SMILES string of the molecule is COc1ccccc1C1CNCCN1C(=O)CCN1CCCS1(=O)=O.Cl. The molecule has 9 heteroatoms. The fourth-order valence-electron chi connectivity index (χ4n) is 3.53. The molecule has 1 amide bonds. The quantitative estimate of drug-likeness (QED) is 0.794. The zero-order valence-corrected chi connectivity index (χ0v) is 16.5. The van der Waals surface area contributed by atoms with E-state index in [0.717, 1.165) is 17.9 Å². The van der Waals surface area contributed by atoms with Crippen LogP contribution in [-0.2, 0) is 14.8 Å². The molecule has 1 aromatic carbocycles. The maximum Gasteiger partial charge on any atom is 0.224 e. The molecule has 1 atom stereocenters. The average molecular weight is 404 g/mol.